The molecule has 0 N–H and O–H groups in total. The zero-order chi connectivity index (χ0) is 11.0. The van der Waals surface area contributed by atoms with Crippen LogP contribution < -0.4 is 0 Å². The lowest BCUT2D eigenvalue weighted by molar-refractivity contribution is -0.137. The van der Waals surface area contributed by atoms with Gasteiger partial charge in [-0.15, -0.1) is 11.3 Å². The number of carbonyl (C=O) groups is 1. The van der Waals surface area contributed by atoms with Crippen molar-refractivity contribution in [2.75, 3.05) is 6.61 Å². The average molecular weight is 252 g/mol. The summed E-state index contributed by atoms with van der Waals surface area (Å²) in [5, 5.41) is 3.77. The van der Waals surface area contributed by atoms with Crippen molar-refractivity contribution in [2.24, 2.45) is 0 Å². The molecule has 0 aromatic carbocycles. The Morgan fingerprint density at radius 3 is 3.25 bits per heavy atom. The number of hydrogen-bond donors (Lipinski definition) is 0. The van der Waals surface area contributed by atoms with Gasteiger partial charge in [0.2, 0.25) is 0 Å². The molecule has 1 aliphatic rings. The van der Waals surface area contributed by atoms with Crippen LogP contribution in [0, 0.1) is 0 Å². The highest BCUT2D eigenvalue weighted by atomic mass is 32.2. The maximum atomic E-state index is 11.4. The lowest BCUT2D eigenvalue weighted by atomic mass is 10.4. The van der Waals surface area contributed by atoms with Gasteiger partial charge in [0.25, 0.3) is 0 Å². The maximum absolute atomic E-state index is 11.4. The minimum absolute atomic E-state index is 0.113. The van der Waals surface area contributed by atoms with Crippen LogP contribution in [0.1, 0.15) is 6.42 Å². The van der Waals surface area contributed by atoms with Gasteiger partial charge in [0.1, 0.15) is 21.4 Å². The summed E-state index contributed by atoms with van der Waals surface area (Å²) in [5.41, 5.74) is 0. The van der Waals surface area contributed by atoms with E-state index in [9.17, 15) is 4.79 Å². The molecule has 4 nitrogen and oxygen atoms in total. The van der Waals surface area contributed by atoms with Gasteiger partial charge in [-0.1, -0.05) is 11.8 Å². The first-order valence-electron chi connectivity index (χ1n) is 4.86. The highest BCUT2D eigenvalue weighted by Crippen LogP contribution is 2.33. The normalized spacial score (nSPS) is 20.2. The van der Waals surface area contributed by atoms with Gasteiger partial charge in [0.05, 0.1) is 6.61 Å². The number of nitrogens with zero attached hydrogens (tertiary/aromatic N) is 2. The van der Waals surface area contributed by atoms with Crippen molar-refractivity contribution in [1.29, 1.82) is 0 Å². The largest absolute Gasteiger partial charge is 0.465 e. The minimum Gasteiger partial charge on any atom is -0.465 e. The van der Waals surface area contributed by atoms with Crippen LogP contribution in [0.15, 0.2) is 22.8 Å². The molecule has 1 saturated heterocycles. The number of cyclic esters (lactones) is 1. The van der Waals surface area contributed by atoms with Gasteiger partial charge >= 0.3 is 5.97 Å². The third-order valence-corrected chi connectivity index (χ3v) is 4.45. The molecule has 0 radical (unpaired) electrons. The van der Waals surface area contributed by atoms with Gasteiger partial charge in [0.15, 0.2) is 0 Å². The maximum Gasteiger partial charge on any atom is 0.319 e. The number of rotatable bonds is 2. The van der Waals surface area contributed by atoms with Crippen molar-refractivity contribution in [3.63, 3.8) is 0 Å². The van der Waals surface area contributed by atoms with Crippen LogP contribution in [0.25, 0.3) is 10.2 Å². The van der Waals surface area contributed by atoms with Crippen LogP contribution in [0.2, 0.25) is 0 Å². The highest BCUT2D eigenvalue weighted by molar-refractivity contribution is 8.00. The molecule has 3 heterocycles. The van der Waals surface area contributed by atoms with Gasteiger partial charge in [-0.2, -0.15) is 0 Å². The Labute approximate surface area is 100 Å². The predicted octanol–water partition coefficient (Wildman–Crippen LogP) is 2.10. The average Bonchev–Trinajstić information content (AvgIpc) is 2.89. The molecule has 1 fully saturated rings. The number of carbonyl (C=O) groups excluding carboxylic acids is 1. The van der Waals surface area contributed by atoms with E-state index in [1.165, 1.54) is 11.8 Å². The fraction of sp³-hybridized carbons (Fsp3) is 0.300. The molecule has 1 aliphatic heterocycles. The van der Waals surface area contributed by atoms with E-state index in [1.807, 2.05) is 11.4 Å². The van der Waals surface area contributed by atoms with Crippen LogP contribution in [0.5, 0.6) is 0 Å². The van der Waals surface area contributed by atoms with Crippen molar-refractivity contribution in [2.45, 2.75) is 16.7 Å². The van der Waals surface area contributed by atoms with Crippen LogP contribution >= 0.6 is 23.1 Å². The summed E-state index contributed by atoms with van der Waals surface area (Å²) in [6.07, 6.45) is 2.31. The highest BCUT2D eigenvalue weighted by Gasteiger charge is 2.28. The van der Waals surface area contributed by atoms with Crippen LogP contribution in [0.4, 0.5) is 0 Å². The molecule has 0 aliphatic carbocycles. The minimum atomic E-state index is -0.132. The molecule has 0 unspecified atom stereocenters. The Morgan fingerprint density at radius 1 is 1.50 bits per heavy atom. The zero-order valence-electron chi connectivity index (χ0n) is 8.25. The van der Waals surface area contributed by atoms with Crippen LogP contribution in [-0.2, 0) is 9.53 Å². The van der Waals surface area contributed by atoms with Crippen molar-refractivity contribution in [3.05, 3.63) is 17.8 Å². The number of aromatic nitrogens is 2. The molecular weight excluding hydrogens is 244 g/mol. The fourth-order valence-electron chi connectivity index (χ4n) is 1.58. The van der Waals surface area contributed by atoms with Crippen molar-refractivity contribution in [3.8, 4) is 0 Å². The second-order valence-electron chi connectivity index (χ2n) is 3.38. The molecule has 2 aromatic rings. The molecule has 2 aromatic heterocycles. The number of thiophene rings is 1. The molecular formula is C10H8N2O2S2. The lowest BCUT2D eigenvalue weighted by Crippen LogP contribution is -2.09. The van der Waals surface area contributed by atoms with Crippen molar-refractivity contribution >= 4 is 39.3 Å². The Hall–Kier alpha value is -1.14. The summed E-state index contributed by atoms with van der Waals surface area (Å²) >= 11 is 3.05. The topological polar surface area (TPSA) is 52.1 Å². The number of ether oxygens (including phenoxy) is 1. The van der Waals surface area contributed by atoms with E-state index < -0.39 is 0 Å². The number of fused-ring (bicyclic) bond motifs is 1. The molecule has 1 atom stereocenters. The summed E-state index contributed by atoms with van der Waals surface area (Å²) in [4.78, 5) is 20.7. The van der Waals surface area contributed by atoms with E-state index in [0.29, 0.717) is 6.61 Å². The molecule has 0 spiro atoms. The third kappa shape index (κ3) is 1.68. The first-order chi connectivity index (χ1) is 7.84. The molecule has 0 amide bonds. The van der Waals surface area contributed by atoms with Gasteiger partial charge in [0, 0.05) is 11.8 Å². The van der Waals surface area contributed by atoms with Gasteiger partial charge in [-0.3, -0.25) is 4.79 Å². The molecule has 3 rings (SSSR count). The smallest absolute Gasteiger partial charge is 0.319 e. The van der Waals surface area contributed by atoms with Crippen LogP contribution in [-0.4, -0.2) is 27.8 Å². The molecule has 6 heteroatoms. The number of esters is 1. The molecule has 0 bridgehead atoms. The summed E-state index contributed by atoms with van der Waals surface area (Å²) in [6.45, 7) is 0.522. The van der Waals surface area contributed by atoms with Crippen molar-refractivity contribution < 1.29 is 9.53 Å². The second-order valence-corrected chi connectivity index (χ2v) is 5.47. The van der Waals surface area contributed by atoms with E-state index in [2.05, 4.69) is 9.97 Å². The summed E-state index contributed by atoms with van der Waals surface area (Å²) in [7, 11) is 0. The van der Waals surface area contributed by atoms with Gasteiger partial charge < -0.3 is 4.74 Å². The summed E-state index contributed by atoms with van der Waals surface area (Å²) in [6, 6.07) is 1.99. The van der Waals surface area contributed by atoms with Gasteiger partial charge in [-0.05, 0) is 11.4 Å². The first-order valence-corrected chi connectivity index (χ1v) is 6.62. The van der Waals surface area contributed by atoms with Crippen molar-refractivity contribution in [1.82, 2.24) is 9.97 Å². The molecule has 16 heavy (non-hydrogen) atoms. The Balaban J connectivity index is 1.94. The Morgan fingerprint density at radius 2 is 2.44 bits per heavy atom. The monoisotopic (exact) mass is 252 g/mol. The fourth-order valence-corrected chi connectivity index (χ4v) is 3.43. The lowest BCUT2D eigenvalue weighted by Gasteiger charge is -2.04. The zero-order valence-corrected chi connectivity index (χ0v) is 9.88. The standard InChI is InChI=1S/C10H8N2O2S2/c13-10-7(1-3-14-10)16-9-6-2-4-15-8(6)11-5-12-9/h2,4-5,7H,1,3H2/t7-/m0/s1. The molecule has 82 valence electrons. The number of hydrogen-bond acceptors (Lipinski definition) is 6. The van der Waals surface area contributed by atoms with E-state index in [4.69, 9.17) is 4.74 Å². The summed E-state index contributed by atoms with van der Waals surface area (Å²) < 4.78 is 4.93. The van der Waals surface area contributed by atoms with Crippen LogP contribution in [0.3, 0.4) is 0 Å². The van der Waals surface area contributed by atoms with E-state index in [-0.39, 0.29) is 11.2 Å². The third-order valence-electron chi connectivity index (χ3n) is 2.37. The first kappa shape index (κ1) is 10.0. The second kappa shape index (κ2) is 4.03. The molecule has 0 saturated carbocycles. The Bertz CT molecular complexity index is 540. The SMILES string of the molecule is O=C1OCC[C@@H]1Sc1ncnc2sccc12. The van der Waals surface area contributed by atoms with Gasteiger partial charge in [-0.25, -0.2) is 9.97 Å². The van der Waals surface area contributed by atoms with E-state index in [1.54, 1.807) is 17.7 Å². The van der Waals surface area contributed by atoms with E-state index >= 15 is 0 Å². The van der Waals surface area contributed by atoms with E-state index in [0.717, 1.165) is 21.7 Å². The number of thioether (sulfide) groups is 1. The quantitative estimate of drug-likeness (QED) is 0.605. The summed E-state index contributed by atoms with van der Waals surface area (Å²) in [5.74, 6) is -0.132. The predicted molar refractivity (Wildman–Crippen MR) is 62.6 cm³/mol. The Kier molecular flexibility index (Phi) is 2.53.